The van der Waals surface area contributed by atoms with Gasteiger partial charge in [-0.25, -0.2) is 0 Å². The summed E-state index contributed by atoms with van der Waals surface area (Å²) in [5, 5.41) is 4.87. The summed E-state index contributed by atoms with van der Waals surface area (Å²) in [4.78, 5) is 0. The predicted octanol–water partition coefficient (Wildman–Crippen LogP) is 4.24. The van der Waals surface area contributed by atoms with E-state index in [9.17, 15) is 0 Å². The molecule has 2 heteroatoms. The monoisotopic (exact) mass is 271 g/mol. The molecule has 1 aliphatic rings. The van der Waals surface area contributed by atoms with Gasteiger partial charge in [0, 0.05) is 10.9 Å². The van der Waals surface area contributed by atoms with Gasteiger partial charge in [0.15, 0.2) is 0 Å². The molecule has 3 rings (SSSR count). The highest BCUT2D eigenvalue weighted by molar-refractivity contribution is 5.83. The molecule has 0 unspecified atom stereocenters. The number of hydrogen-bond acceptors (Lipinski definition) is 2. The lowest BCUT2D eigenvalue weighted by Crippen LogP contribution is -2.37. The van der Waals surface area contributed by atoms with Crippen LogP contribution in [0.3, 0.4) is 0 Å². The van der Waals surface area contributed by atoms with E-state index in [4.69, 9.17) is 4.42 Å². The van der Waals surface area contributed by atoms with Crippen molar-refractivity contribution < 1.29 is 4.42 Å². The largest absolute Gasteiger partial charge is 0.464 e. The summed E-state index contributed by atoms with van der Waals surface area (Å²) in [7, 11) is 0. The Morgan fingerprint density at radius 2 is 1.80 bits per heavy atom. The molecule has 0 saturated carbocycles. The maximum absolute atomic E-state index is 5.77. The molecule has 0 aliphatic heterocycles. The molecule has 0 amide bonds. The molecular weight excluding hydrogens is 246 g/mol. The zero-order valence-corrected chi connectivity index (χ0v) is 12.9. The number of fused-ring (bicyclic) bond motifs is 2. The molecule has 108 valence electrons. The van der Waals surface area contributed by atoms with Crippen LogP contribution in [0.25, 0.3) is 11.0 Å². The van der Waals surface area contributed by atoms with E-state index in [0.717, 1.165) is 18.5 Å². The first-order valence-corrected chi connectivity index (χ1v) is 7.80. The molecule has 1 aliphatic carbocycles. The minimum absolute atomic E-state index is 0.179. The van der Waals surface area contributed by atoms with Crippen molar-refractivity contribution in [1.29, 1.82) is 0 Å². The van der Waals surface area contributed by atoms with Crippen LogP contribution >= 0.6 is 0 Å². The van der Waals surface area contributed by atoms with Crippen LogP contribution in [0, 0.1) is 0 Å². The Morgan fingerprint density at radius 3 is 2.50 bits per heavy atom. The number of benzene rings is 1. The maximum Gasteiger partial charge on any atom is 0.134 e. The van der Waals surface area contributed by atoms with E-state index < -0.39 is 0 Å². The number of furan rings is 1. The number of aryl methyl sites for hydroxylation is 2. The number of nitrogens with one attached hydrogen (secondary N) is 1. The summed E-state index contributed by atoms with van der Waals surface area (Å²) < 4.78 is 5.77. The molecule has 0 spiro atoms. The third kappa shape index (κ3) is 2.90. The van der Waals surface area contributed by atoms with Gasteiger partial charge in [0.25, 0.3) is 0 Å². The van der Waals surface area contributed by atoms with Gasteiger partial charge in [-0.05, 0) is 88.2 Å². The lowest BCUT2D eigenvalue weighted by molar-refractivity contribution is 0.429. The van der Waals surface area contributed by atoms with E-state index in [1.54, 1.807) is 0 Å². The smallest absolute Gasteiger partial charge is 0.134 e. The molecule has 1 aromatic carbocycles. The van der Waals surface area contributed by atoms with Crippen LogP contribution in [0.15, 0.2) is 22.8 Å². The number of hydrogen-bond donors (Lipinski definition) is 1. The van der Waals surface area contributed by atoms with Crippen molar-refractivity contribution in [3.63, 3.8) is 0 Å². The minimum Gasteiger partial charge on any atom is -0.464 e. The van der Waals surface area contributed by atoms with Gasteiger partial charge in [-0.1, -0.05) is 0 Å². The summed E-state index contributed by atoms with van der Waals surface area (Å²) >= 11 is 0. The zero-order valence-electron chi connectivity index (χ0n) is 12.9. The van der Waals surface area contributed by atoms with Crippen LogP contribution in [0.1, 0.15) is 50.3 Å². The molecule has 0 fully saturated rings. The van der Waals surface area contributed by atoms with Crippen molar-refractivity contribution in [3.05, 3.63) is 35.1 Å². The first kappa shape index (κ1) is 13.7. The fourth-order valence-electron chi connectivity index (χ4n) is 3.08. The van der Waals surface area contributed by atoms with Crippen molar-refractivity contribution in [1.82, 2.24) is 5.32 Å². The van der Waals surface area contributed by atoms with Gasteiger partial charge in [0.1, 0.15) is 5.58 Å². The summed E-state index contributed by atoms with van der Waals surface area (Å²) in [6, 6.07) is 4.64. The molecule has 2 aromatic rings. The molecule has 1 N–H and O–H groups in total. The van der Waals surface area contributed by atoms with Crippen LogP contribution in [0.2, 0.25) is 0 Å². The van der Waals surface area contributed by atoms with Crippen molar-refractivity contribution >= 4 is 11.0 Å². The maximum atomic E-state index is 5.77. The van der Waals surface area contributed by atoms with E-state index in [1.807, 2.05) is 6.26 Å². The quantitative estimate of drug-likeness (QED) is 0.903. The van der Waals surface area contributed by atoms with Gasteiger partial charge in [0.05, 0.1) is 6.26 Å². The molecule has 0 atom stereocenters. The molecular formula is C18H25NO. The van der Waals surface area contributed by atoms with Crippen molar-refractivity contribution in [2.24, 2.45) is 0 Å². The normalized spacial score (nSPS) is 15.6. The average Bonchev–Trinajstić information content (AvgIpc) is 2.77. The highest BCUT2D eigenvalue weighted by atomic mass is 16.3. The van der Waals surface area contributed by atoms with Gasteiger partial charge in [-0.2, -0.15) is 0 Å². The Balaban J connectivity index is 1.82. The van der Waals surface area contributed by atoms with E-state index in [-0.39, 0.29) is 5.54 Å². The van der Waals surface area contributed by atoms with Gasteiger partial charge in [-0.15, -0.1) is 0 Å². The van der Waals surface area contributed by atoms with E-state index in [2.05, 4.69) is 38.2 Å². The summed E-state index contributed by atoms with van der Waals surface area (Å²) in [5.74, 6) is 0. The summed E-state index contributed by atoms with van der Waals surface area (Å²) in [5.41, 5.74) is 5.62. The lowest BCUT2D eigenvalue weighted by Gasteiger charge is -2.20. The van der Waals surface area contributed by atoms with Crippen LogP contribution in [0.5, 0.6) is 0 Å². The average molecular weight is 271 g/mol. The van der Waals surface area contributed by atoms with E-state index in [0.29, 0.717) is 0 Å². The summed E-state index contributed by atoms with van der Waals surface area (Å²) in [6.07, 6.45) is 8.07. The molecule has 2 nitrogen and oxygen atoms in total. The van der Waals surface area contributed by atoms with Gasteiger partial charge < -0.3 is 9.73 Å². The minimum atomic E-state index is 0.179. The van der Waals surface area contributed by atoms with Crippen LogP contribution in [-0.2, 0) is 19.3 Å². The second-order valence-electron chi connectivity index (χ2n) is 7.01. The Bertz CT molecular complexity index is 604. The van der Waals surface area contributed by atoms with Crippen LogP contribution in [-0.4, -0.2) is 12.1 Å². The van der Waals surface area contributed by atoms with Crippen molar-refractivity contribution in [2.45, 2.75) is 58.4 Å². The molecule has 1 aromatic heterocycles. The third-order valence-corrected chi connectivity index (χ3v) is 4.17. The van der Waals surface area contributed by atoms with Crippen LogP contribution in [0.4, 0.5) is 0 Å². The molecule has 1 heterocycles. The Kier molecular flexibility index (Phi) is 3.59. The lowest BCUT2D eigenvalue weighted by atomic mass is 9.90. The Labute approximate surface area is 121 Å². The van der Waals surface area contributed by atoms with Gasteiger partial charge in [-0.3, -0.25) is 0 Å². The van der Waals surface area contributed by atoms with E-state index in [1.165, 1.54) is 47.8 Å². The predicted molar refractivity (Wildman–Crippen MR) is 84.3 cm³/mol. The van der Waals surface area contributed by atoms with E-state index >= 15 is 0 Å². The zero-order chi connectivity index (χ0) is 14.2. The molecule has 0 radical (unpaired) electrons. The van der Waals surface area contributed by atoms with Crippen LogP contribution < -0.4 is 5.32 Å². The van der Waals surface area contributed by atoms with Gasteiger partial charge in [0.2, 0.25) is 0 Å². The third-order valence-electron chi connectivity index (χ3n) is 4.17. The highest BCUT2D eigenvalue weighted by Gasteiger charge is 2.14. The fourth-order valence-corrected chi connectivity index (χ4v) is 3.08. The molecule has 20 heavy (non-hydrogen) atoms. The topological polar surface area (TPSA) is 25.2 Å². The Morgan fingerprint density at radius 1 is 1.10 bits per heavy atom. The molecule has 0 bridgehead atoms. The first-order chi connectivity index (χ1) is 9.53. The second-order valence-corrected chi connectivity index (χ2v) is 7.01. The van der Waals surface area contributed by atoms with Gasteiger partial charge >= 0.3 is 0 Å². The summed E-state index contributed by atoms with van der Waals surface area (Å²) in [6.45, 7) is 7.61. The Hall–Kier alpha value is -1.28. The first-order valence-electron chi connectivity index (χ1n) is 7.80. The highest BCUT2D eigenvalue weighted by Crippen LogP contribution is 2.29. The van der Waals surface area contributed by atoms with Crippen molar-refractivity contribution in [3.8, 4) is 0 Å². The molecule has 0 saturated heterocycles. The standard InChI is InChI=1S/C18H25NO/c1-18(2,3)19-9-8-15-12-20-17-11-14-7-5-4-6-13(14)10-16(15)17/h10-12,19H,4-9H2,1-3H3. The fraction of sp³-hybridized carbons (Fsp3) is 0.556. The second kappa shape index (κ2) is 5.25. The number of rotatable bonds is 3. The van der Waals surface area contributed by atoms with Crippen molar-refractivity contribution in [2.75, 3.05) is 6.54 Å². The SMILES string of the molecule is CC(C)(C)NCCc1coc2cc3c(cc12)CCCC3.